The fourth-order valence-electron chi connectivity index (χ4n) is 1.83. The van der Waals surface area contributed by atoms with Crippen LogP contribution in [0.1, 0.15) is 30.2 Å². The van der Waals surface area contributed by atoms with Gasteiger partial charge in [0.15, 0.2) is 0 Å². The molecular weight excluding hydrogens is 260 g/mol. The van der Waals surface area contributed by atoms with Gasteiger partial charge in [-0.1, -0.05) is 12.2 Å². The van der Waals surface area contributed by atoms with E-state index in [1.54, 1.807) is 11.3 Å². The Morgan fingerprint density at radius 2 is 2.36 bits per heavy atom. The molecule has 0 fully saturated rings. The first-order valence-corrected chi connectivity index (χ1v) is 6.52. The summed E-state index contributed by atoms with van der Waals surface area (Å²) in [5, 5.41) is 12.2. The van der Waals surface area contributed by atoms with E-state index in [9.17, 15) is 5.11 Å². The van der Waals surface area contributed by atoms with E-state index in [0.717, 1.165) is 28.6 Å². The molecule has 0 aliphatic heterocycles. The van der Waals surface area contributed by atoms with Gasteiger partial charge in [-0.25, -0.2) is 0 Å². The Hall–Kier alpha value is -0.120. The molecule has 0 spiro atoms. The van der Waals surface area contributed by atoms with Crippen LogP contribution in [0.15, 0.2) is 28.1 Å². The quantitative estimate of drug-likeness (QED) is 0.810. The van der Waals surface area contributed by atoms with Crippen molar-refractivity contribution < 1.29 is 5.11 Å². The number of thiophene rings is 1. The monoisotopic (exact) mass is 272 g/mol. The molecule has 1 aromatic rings. The molecule has 0 saturated heterocycles. The lowest BCUT2D eigenvalue weighted by Gasteiger charge is -2.23. The summed E-state index contributed by atoms with van der Waals surface area (Å²) in [7, 11) is 0. The van der Waals surface area contributed by atoms with Gasteiger partial charge in [0.25, 0.3) is 0 Å². The SMILES string of the molecule is OC(c1sccc1Br)C1CC=CCC1. The zero-order chi connectivity index (χ0) is 9.97. The molecule has 1 aliphatic carbocycles. The van der Waals surface area contributed by atoms with Crippen molar-refractivity contribution in [1.82, 2.24) is 0 Å². The summed E-state index contributed by atoms with van der Waals surface area (Å²) in [6.07, 6.45) is 7.29. The van der Waals surface area contributed by atoms with Crippen LogP contribution in [0.3, 0.4) is 0 Å². The van der Waals surface area contributed by atoms with Crippen molar-refractivity contribution in [2.24, 2.45) is 5.92 Å². The summed E-state index contributed by atoms with van der Waals surface area (Å²) in [6, 6.07) is 2.00. The molecular formula is C11H13BrOS. The van der Waals surface area contributed by atoms with Crippen LogP contribution in [0.4, 0.5) is 0 Å². The third-order valence-corrected chi connectivity index (χ3v) is 4.61. The smallest absolute Gasteiger partial charge is 0.0924 e. The molecule has 0 aromatic carbocycles. The summed E-state index contributed by atoms with van der Waals surface area (Å²) in [6.45, 7) is 0. The molecule has 0 bridgehead atoms. The molecule has 14 heavy (non-hydrogen) atoms. The maximum Gasteiger partial charge on any atom is 0.0924 e. The molecule has 0 radical (unpaired) electrons. The van der Waals surface area contributed by atoms with Gasteiger partial charge in [-0.15, -0.1) is 11.3 Å². The number of hydrogen-bond donors (Lipinski definition) is 1. The molecule has 2 rings (SSSR count). The van der Waals surface area contributed by atoms with Crippen LogP contribution in [0.25, 0.3) is 0 Å². The summed E-state index contributed by atoms with van der Waals surface area (Å²) in [5.41, 5.74) is 0. The first-order valence-electron chi connectivity index (χ1n) is 4.85. The Kier molecular flexibility index (Phi) is 3.42. The average molecular weight is 273 g/mol. The lowest BCUT2D eigenvalue weighted by atomic mass is 9.89. The minimum atomic E-state index is -0.297. The highest BCUT2D eigenvalue weighted by atomic mass is 79.9. The van der Waals surface area contributed by atoms with Crippen LogP contribution in [0.2, 0.25) is 0 Å². The lowest BCUT2D eigenvalue weighted by Crippen LogP contribution is -2.13. The first-order chi connectivity index (χ1) is 6.79. The van der Waals surface area contributed by atoms with E-state index in [-0.39, 0.29) is 6.10 Å². The zero-order valence-electron chi connectivity index (χ0n) is 7.82. The van der Waals surface area contributed by atoms with Crippen molar-refractivity contribution in [1.29, 1.82) is 0 Å². The number of rotatable bonds is 2. The van der Waals surface area contributed by atoms with E-state index in [1.807, 2.05) is 11.4 Å². The molecule has 1 aliphatic rings. The summed E-state index contributed by atoms with van der Waals surface area (Å²) >= 11 is 5.10. The van der Waals surface area contributed by atoms with Crippen LogP contribution >= 0.6 is 27.3 Å². The van der Waals surface area contributed by atoms with Crippen LogP contribution < -0.4 is 0 Å². The van der Waals surface area contributed by atoms with Gasteiger partial charge in [0.1, 0.15) is 0 Å². The maximum atomic E-state index is 10.2. The first kappa shape index (κ1) is 10.4. The second-order valence-corrected chi connectivity index (χ2v) is 5.42. The Morgan fingerprint density at radius 1 is 1.50 bits per heavy atom. The number of aliphatic hydroxyl groups excluding tert-OH is 1. The fourth-order valence-corrected chi connectivity index (χ4v) is 3.52. The zero-order valence-corrected chi connectivity index (χ0v) is 10.2. The Bertz CT molecular complexity index is 332. The van der Waals surface area contributed by atoms with Gasteiger partial charge in [-0.2, -0.15) is 0 Å². The van der Waals surface area contributed by atoms with Crippen molar-refractivity contribution in [3.8, 4) is 0 Å². The molecule has 1 nitrogen and oxygen atoms in total. The van der Waals surface area contributed by atoms with Gasteiger partial charge in [0, 0.05) is 9.35 Å². The largest absolute Gasteiger partial charge is 0.387 e. The van der Waals surface area contributed by atoms with E-state index in [0.29, 0.717) is 5.92 Å². The molecule has 1 N–H and O–H groups in total. The van der Waals surface area contributed by atoms with Gasteiger partial charge in [-0.3, -0.25) is 0 Å². The highest BCUT2D eigenvalue weighted by Crippen LogP contribution is 2.37. The molecule has 2 atom stereocenters. The number of halogens is 1. The third-order valence-electron chi connectivity index (χ3n) is 2.67. The minimum Gasteiger partial charge on any atom is -0.387 e. The highest BCUT2D eigenvalue weighted by molar-refractivity contribution is 9.10. The van der Waals surface area contributed by atoms with E-state index in [4.69, 9.17) is 0 Å². The van der Waals surface area contributed by atoms with Crippen molar-refractivity contribution in [3.05, 3.63) is 32.9 Å². The Labute approximate surface area is 96.6 Å². The topological polar surface area (TPSA) is 20.2 Å². The van der Waals surface area contributed by atoms with Crippen molar-refractivity contribution in [2.45, 2.75) is 25.4 Å². The van der Waals surface area contributed by atoms with Crippen LogP contribution in [-0.2, 0) is 0 Å². The predicted molar refractivity (Wildman–Crippen MR) is 63.5 cm³/mol. The Morgan fingerprint density at radius 3 is 2.93 bits per heavy atom. The Balaban J connectivity index is 2.11. The summed E-state index contributed by atoms with van der Waals surface area (Å²) in [4.78, 5) is 1.07. The number of aliphatic hydroxyl groups is 1. The second kappa shape index (κ2) is 4.60. The molecule has 76 valence electrons. The van der Waals surface area contributed by atoms with Gasteiger partial charge < -0.3 is 5.11 Å². The maximum absolute atomic E-state index is 10.2. The summed E-state index contributed by atoms with van der Waals surface area (Å²) in [5.74, 6) is 0.398. The highest BCUT2D eigenvalue weighted by Gasteiger charge is 2.23. The molecule has 1 aromatic heterocycles. The molecule has 1 heterocycles. The fraction of sp³-hybridized carbons (Fsp3) is 0.455. The standard InChI is InChI=1S/C11H13BrOS/c12-9-6-7-14-11(9)10(13)8-4-2-1-3-5-8/h1-2,6-8,10,13H,3-5H2. The average Bonchev–Trinajstić information content (AvgIpc) is 2.65. The van der Waals surface area contributed by atoms with Crippen LogP contribution in [0.5, 0.6) is 0 Å². The van der Waals surface area contributed by atoms with Crippen LogP contribution in [-0.4, -0.2) is 5.11 Å². The third kappa shape index (κ3) is 2.10. The number of hydrogen-bond acceptors (Lipinski definition) is 2. The molecule has 0 saturated carbocycles. The van der Waals surface area contributed by atoms with Gasteiger partial charge >= 0.3 is 0 Å². The van der Waals surface area contributed by atoms with E-state index >= 15 is 0 Å². The lowest BCUT2D eigenvalue weighted by molar-refractivity contribution is 0.105. The van der Waals surface area contributed by atoms with Gasteiger partial charge in [-0.05, 0) is 52.6 Å². The van der Waals surface area contributed by atoms with E-state index < -0.39 is 0 Å². The second-order valence-electron chi connectivity index (χ2n) is 3.62. The van der Waals surface area contributed by atoms with Crippen molar-refractivity contribution in [3.63, 3.8) is 0 Å². The minimum absolute atomic E-state index is 0.297. The van der Waals surface area contributed by atoms with E-state index in [1.165, 1.54) is 0 Å². The molecule has 2 unspecified atom stereocenters. The van der Waals surface area contributed by atoms with Crippen LogP contribution in [0, 0.1) is 5.92 Å². The van der Waals surface area contributed by atoms with Crippen molar-refractivity contribution in [2.75, 3.05) is 0 Å². The van der Waals surface area contributed by atoms with Gasteiger partial charge in [0.2, 0.25) is 0 Å². The normalized spacial score (nSPS) is 23.7. The number of allylic oxidation sites excluding steroid dienone is 2. The van der Waals surface area contributed by atoms with Crippen molar-refractivity contribution >= 4 is 27.3 Å². The van der Waals surface area contributed by atoms with Gasteiger partial charge in [0.05, 0.1) is 6.10 Å². The van der Waals surface area contributed by atoms with E-state index in [2.05, 4.69) is 28.1 Å². The molecule has 3 heteroatoms. The summed E-state index contributed by atoms with van der Waals surface area (Å²) < 4.78 is 1.05. The molecule has 0 amide bonds. The predicted octanol–water partition coefficient (Wildman–Crippen LogP) is 3.90.